The summed E-state index contributed by atoms with van der Waals surface area (Å²) in [5.41, 5.74) is 1.15. The molecule has 4 nitrogen and oxygen atoms in total. The third kappa shape index (κ3) is 2.16. The summed E-state index contributed by atoms with van der Waals surface area (Å²) in [7, 11) is 0. The summed E-state index contributed by atoms with van der Waals surface area (Å²) < 4.78 is 0. The fraction of sp³-hybridized carbons (Fsp3) is 0.308. The SMILES string of the molecule is N#Cc1ccc2c(c1)C(=O)N(CCCCBr)C2=O. The van der Waals surface area contributed by atoms with Gasteiger partial charge in [-0.3, -0.25) is 14.5 Å². The molecule has 2 amide bonds. The number of nitriles is 1. The molecule has 0 atom stereocenters. The molecule has 1 aliphatic heterocycles. The number of fused-ring (bicyclic) bond motifs is 1. The van der Waals surface area contributed by atoms with Crippen LogP contribution < -0.4 is 0 Å². The molecule has 1 aliphatic rings. The number of imide groups is 1. The second kappa shape index (κ2) is 5.32. The zero-order valence-corrected chi connectivity index (χ0v) is 11.2. The van der Waals surface area contributed by atoms with Crippen molar-refractivity contribution in [1.29, 1.82) is 5.26 Å². The number of benzene rings is 1. The van der Waals surface area contributed by atoms with Crippen LogP contribution in [0.4, 0.5) is 0 Å². The summed E-state index contributed by atoms with van der Waals surface area (Å²) in [6, 6.07) is 6.57. The first-order valence-corrected chi connectivity index (χ1v) is 6.77. The average Bonchev–Trinajstić information content (AvgIpc) is 2.63. The molecule has 0 saturated carbocycles. The van der Waals surface area contributed by atoms with Crippen LogP contribution in [0.2, 0.25) is 0 Å². The molecule has 0 radical (unpaired) electrons. The van der Waals surface area contributed by atoms with Crippen LogP contribution in [-0.2, 0) is 0 Å². The number of alkyl halides is 1. The third-order valence-electron chi connectivity index (χ3n) is 2.87. The Morgan fingerprint density at radius 3 is 2.56 bits per heavy atom. The van der Waals surface area contributed by atoms with Gasteiger partial charge in [-0.25, -0.2) is 0 Å². The molecule has 0 fully saturated rings. The lowest BCUT2D eigenvalue weighted by Crippen LogP contribution is -2.30. The van der Waals surface area contributed by atoms with Gasteiger partial charge in [-0.2, -0.15) is 5.26 Å². The minimum atomic E-state index is -0.290. The second-order valence-electron chi connectivity index (χ2n) is 4.03. The average molecular weight is 307 g/mol. The lowest BCUT2D eigenvalue weighted by atomic mass is 10.1. The number of unbranched alkanes of at least 4 members (excludes halogenated alkanes) is 1. The zero-order chi connectivity index (χ0) is 13.1. The van der Waals surface area contributed by atoms with Crippen LogP contribution in [0, 0.1) is 11.3 Å². The minimum Gasteiger partial charge on any atom is -0.274 e. The number of rotatable bonds is 4. The number of halogens is 1. The van der Waals surface area contributed by atoms with Crippen molar-refractivity contribution in [3.63, 3.8) is 0 Å². The molecule has 0 unspecified atom stereocenters. The molecule has 0 aliphatic carbocycles. The lowest BCUT2D eigenvalue weighted by Gasteiger charge is -2.12. The van der Waals surface area contributed by atoms with E-state index in [4.69, 9.17) is 5.26 Å². The lowest BCUT2D eigenvalue weighted by molar-refractivity contribution is 0.0652. The number of nitrogens with zero attached hydrogens (tertiary/aromatic N) is 2. The van der Waals surface area contributed by atoms with Crippen molar-refractivity contribution in [3.8, 4) is 6.07 Å². The van der Waals surface area contributed by atoms with E-state index in [0.29, 0.717) is 23.2 Å². The first-order chi connectivity index (χ1) is 8.69. The highest BCUT2D eigenvalue weighted by atomic mass is 79.9. The van der Waals surface area contributed by atoms with Gasteiger partial charge in [-0.1, -0.05) is 15.9 Å². The quantitative estimate of drug-likeness (QED) is 0.487. The molecule has 1 aromatic rings. The molecule has 92 valence electrons. The summed E-state index contributed by atoms with van der Waals surface area (Å²) in [4.78, 5) is 25.3. The van der Waals surface area contributed by atoms with Crippen LogP contribution in [0.15, 0.2) is 18.2 Å². The Labute approximate surface area is 113 Å². The summed E-state index contributed by atoms with van der Waals surface area (Å²) in [6.07, 6.45) is 1.69. The molecule has 0 aromatic heterocycles. The highest BCUT2D eigenvalue weighted by Crippen LogP contribution is 2.24. The van der Waals surface area contributed by atoms with Gasteiger partial charge < -0.3 is 0 Å². The first kappa shape index (κ1) is 12.8. The molecule has 0 spiro atoms. The van der Waals surface area contributed by atoms with E-state index in [1.165, 1.54) is 11.0 Å². The van der Waals surface area contributed by atoms with Gasteiger partial charge in [0.1, 0.15) is 0 Å². The highest BCUT2D eigenvalue weighted by molar-refractivity contribution is 9.09. The Bertz CT molecular complexity index is 548. The molecule has 2 rings (SSSR count). The summed E-state index contributed by atoms with van der Waals surface area (Å²) in [6.45, 7) is 0.430. The van der Waals surface area contributed by atoms with E-state index in [1.54, 1.807) is 12.1 Å². The predicted molar refractivity (Wildman–Crippen MR) is 69.6 cm³/mol. The monoisotopic (exact) mass is 306 g/mol. The maximum Gasteiger partial charge on any atom is 0.261 e. The van der Waals surface area contributed by atoms with Gasteiger partial charge in [0, 0.05) is 11.9 Å². The van der Waals surface area contributed by atoms with Gasteiger partial charge in [0.15, 0.2) is 0 Å². The predicted octanol–water partition coefficient (Wildman–Crippen LogP) is 2.33. The molecule has 1 aromatic carbocycles. The molecular weight excluding hydrogens is 296 g/mol. The summed E-state index contributed by atoms with van der Waals surface area (Å²) in [5, 5.41) is 9.65. The standard InChI is InChI=1S/C13H11BrN2O2/c14-5-1-2-6-16-12(17)10-4-3-9(8-15)7-11(10)13(16)18/h3-4,7H,1-2,5-6H2. The van der Waals surface area contributed by atoms with Gasteiger partial charge in [0.05, 0.1) is 22.8 Å². The van der Waals surface area contributed by atoms with Crippen molar-refractivity contribution in [3.05, 3.63) is 34.9 Å². The Balaban J connectivity index is 2.24. The van der Waals surface area contributed by atoms with E-state index in [2.05, 4.69) is 15.9 Å². The Hall–Kier alpha value is -1.67. The van der Waals surface area contributed by atoms with Gasteiger partial charge in [-0.05, 0) is 31.0 Å². The minimum absolute atomic E-state index is 0.255. The fourth-order valence-electron chi connectivity index (χ4n) is 1.93. The Morgan fingerprint density at radius 2 is 1.89 bits per heavy atom. The first-order valence-electron chi connectivity index (χ1n) is 5.65. The van der Waals surface area contributed by atoms with Crippen LogP contribution in [0.1, 0.15) is 39.1 Å². The number of carbonyl (C=O) groups is 2. The maximum absolute atomic E-state index is 12.1. The molecule has 5 heteroatoms. The van der Waals surface area contributed by atoms with E-state index < -0.39 is 0 Å². The van der Waals surface area contributed by atoms with Crippen LogP contribution in [-0.4, -0.2) is 28.6 Å². The zero-order valence-electron chi connectivity index (χ0n) is 9.65. The van der Waals surface area contributed by atoms with Crippen molar-refractivity contribution < 1.29 is 9.59 Å². The van der Waals surface area contributed by atoms with Crippen LogP contribution in [0.25, 0.3) is 0 Å². The molecule has 18 heavy (non-hydrogen) atoms. The van der Waals surface area contributed by atoms with Gasteiger partial charge >= 0.3 is 0 Å². The van der Waals surface area contributed by atoms with Crippen molar-refractivity contribution in [1.82, 2.24) is 4.90 Å². The smallest absolute Gasteiger partial charge is 0.261 e. The Kier molecular flexibility index (Phi) is 3.78. The largest absolute Gasteiger partial charge is 0.274 e. The van der Waals surface area contributed by atoms with Gasteiger partial charge in [0.25, 0.3) is 11.8 Å². The normalized spacial score (nSPS) is 13.7. The number of amides is 2. The molecule has 0 saturated heterocycles. The van der Waals surface area contributed by atoms with Crippen molar-refractivity contribution >= 4 is 27.7 Å². The van der Waals surface area contributed by atoms with E-state index in [9.17, 15) is 9.59 Å². The van der Waals surface area contributed by atoms with E-state index in [0.717, 1.165) is 18.2 Å². The van der Waals surface area contributed by atoms with Crippen molar-refractivity contribution in [2.75, 3.05) is 11.9 Å². The van der Waals surface area contributed by atoms with Crippen molar-refractivity contribution in [2.24, 2.45) is 0 Å². The van der Waals surface area contributed by atoms with Gasteiger partial charge in [-0.15, -0.1) is 0 Å². The van der Waals surface area contributed by atoms with Crippen molar-refractivity contribution in [2.45, 2.75) is 12.8 Å². The number of hydrogen-bond donors (Lipinski definition) is 0. The topological polar surface area (TPSA) is 61.2 Å². The fourth-order valence-corrected chi connectivity index (χ4v) is 2.32. The van der Waals surface area contributed by atoms with E-state index in [-0.39, 0.29) is 11.8 Å². The second-order valence-corrected chi connectivity index (χ2v) is 4.82. The number of carbonyl (C=O) groups excluding carboxylic acids is 2. The van der Waals surface area contributed by atoms with E-state index in [1.807, 2.05) is 6.07 Å². The highest BCUT2D eigenvalue weighted by Gasteiger charge is 2.34. The summed E-state index contributed by atoms with van der Waals surface area (Å²) >= 11 is 3.31. The Morgan fingerprint density at radius 1 is 1.17 bits per heavy atom. The molecule has 0 N–H and O–H groups in total. The van der Waals surface area contributed by atoms with Crippen LogP contribution in [0.3, 0.4) is 0 Å². The molecule has 1 heterocycles. The third-order valence-corrected chi connectivity index (χ3v) is 3.43. The van der Waals surface area contributed by atoms with Crippen LogP contribution in [0.5, 0.6) is 0 Å². The van der Waals surface area contributed by atoms with Gasteiger partial charge in [0.2, 0.25) is 0 Å². The summed E-state index contributed by atoms with van der Waals surface area (Å²) in [5.74, 6) is -0.546. The molecular formula is C13H11BrN2O2. The van der Waals surface area contributed by atoms with Crippen LogP contribution >= 0.6 is 15.9 Å². The molecule has 0 bridgehead atoms. The maximum atomic E-state index is 12.1. The number of hydrogen-bond acceptors (Lipinski definition) is 3. The van der Waals surface area contributed by atoms with E-state index >= 15 is 0 Å².